The molecule has 0 radical (unpaired) electrons. The summed E-state index contributed by atoms with van der Waals surface area (Å²) in [6.45, 7) is 2.05. The Balaban J connectivity index is 2.68. The van der Waals surface area contributed by atoms with Crippen LogP contribution in [0.2, 0.25) is 0 Å². The van der Waals surface area contributed by atoms with Gasteiger partial charge < -0.3 is 0 Å². The number of unbranched alkanes of at least 4 members (excludes halogenated alkanes) is 2. The predicted molar refractivity (Wildman–Crippen MR) is 58.1 cm³/mol. The van der Waals surface area contributed by atoms with Crippen LogP contribution in [-0.2, 0) is 9.05 Å². The molecule has 0 spiro atoms. The van der Waals surface area contributed by atoms with E-state index in [1.54, 1.807) is 0 Å². The maximum Gasteiger partial charge on any atom is 0.298 e. The first-order chi connectivity index (χ1) is 6.87. The highest BCUT2D eigenvalue weighted by atomic mass is 35.7. The first kappa shape index (κ1) is 12.5. The minimum atomic E-state index is -3.92. The molecule has 1 aliphatic rings. The summed E-state index contributed by atoms with van der Waals surface area (Å²) >= 11 is 0. The van der Waals surface area contributed by atoms with E-state index in [9.17, 15) is 8.42 Å². The molecule has 1 unspecified atom stereocenters. The van der Waals surface area contributed by atoms with Crippen molar-refractivity contribution in [1.29, 1.82) is 0 Å². The van der Waals surface area contributed by atoms with Crippen LogP contribution in [0.15, 0.2) is 15.2 Å². The monoisotopic (exact) mass is 252 g/mol. The van der Waals surface area contributed by atoms with Crippen molar-refractivity contribution < 1.29 is 8.42 Å². The molecule has 0 amide bonds. The van der Waals surface area contributed by atoms with E-state index in [2.05, 4.69) is 22.1 Å². The number of azo groups is 1. The molecule has 1 aliphatic heterocycles. The van der Waals surface area contributed by atoms with Crippen LogP contribution in [-0.4, -0.2) is 19.4 Å². The van der Waals surface area contributed by atoms with E-state index in [1.165, 1.54) is 0 Å². The van der Waals surface area contributed by atoms with Gasteiger partial charge in [-0.05, 0) is 6.42 Å². The fourth-order valence-electron chi connectivity index (χ4n) is 1.18. The molecule has 0 aromatic carbocycles. The highest BCUT2D eigenvalue weighted by Crippen LogP contribution is 2.23. The summed E-state index contributed by atoms with van der Waals surface area (Å²) in [7, 11) is 1.14. The van der Waals surface area contributed by atoms with E-state index in [4.69, 9.17) is 16.4 Å². The number of aliphatic imine (C=N–C) groups is 1. The van der Waals surface area contributed by atoms with Crippen LogP contribution in [0, 0.1) is 0 Å². The SMILES string of the molecule is CCCCCC1(N)N=NC(S(=O)(=O)Cl)=N1. The average molecular weight is 253 g/mol. The van der Waals surface area contributed by atoms with Crippen LogP contribution in [0.1, 0.15) is 32.6 Å². The number of amidine groups is 1. The molecule has 0 aromatic heterocycles. The second kappa shape index (κ2) is 4.54. The predicted octanol–water partition coefficient (Wildman–Crippen LogP) is 1.57. The number of hydrogen-bond donors (Lipinski definition) is 1. The summed E-state index contributed by atoms with van der Waals surface area (Å²) in [5.41, 5.74) is 5.72. The largest absolute Gasteiger partial charge is 0.298 e. The number of rotatable bonds is 4. The Morgan fingerprint density at radius 2 is 2.13 bits per heavy atom. The Labute approximate surface area is 93.0 Å². The molecule has 8 heteroatoms. The second-order valence-corrected chi connectivity index (χ2v) is 5.83. The Kier molecular flexibility index (Phi) is 3.80. The maximum absolute atomic E-state index is 10.9. The van der Waals surface area contributed by atoms with Gasteiger partial charge in [0.2, 0.25) is 5.79 Å². The zero-order chi connectivity index (χ0) is 11.5. The van der Waals surface area contributed by atoms with Crippen LogP contribution < -0.4 is 5.73 Å². The Morgan fingerprint density at radius 1 is 1.47 bits per heavy atom. The molecular formula is C7H13ClN4O2S. The Morgan fingerprint density at radius 3 is 2.60 bits per heavy atom. The van der Waals surface area contributed by atoms with Crippen LogP contribution in [0.25, 0.3) is 0 Å². The van der Waals surface area contributed by atoms with Gasteiger partial charge in [0.05, 0.1) is 0 Å². The minimum absolute atomic E-state index is 0.472. The normalized spacial score (nSPS) is 25.7. The Bertz CT molecular complexity index is 392. The third kappa shape index (κ3) is 3.51. The number of nitrogens with two attached hydrogens (primary N) is 1. The summed E-state index contributed by atoms with van der Waals surface area (Å²) in [4.78, 5) is 3.70. The summed E-state index contributed by atoms with van der Waals surface area (Å²) in [6, 6.07) is 0. The summed E-state index contributed by atoms with van der Waals surface area (Å²) in [6.07, 6.45) is 3.33. The number of halogens is 1. The van der Waals surface area contributed by atoms with Gasteiger partial charge in [-0.25, -0.2) is 13.4 Å². The first-order valence-corrected chi connectivity index (χ1v) is 6.94. The lowest BCUT2D eigenvalue weighted by Crippen LogP contribution is -2.33. The molecule has 1 heterocycles. The lowest BCUT2D eigenvalue weighted by molar-refractivity contribution is 0.409. The van der Waals surface area contributed by atoms with Crippen molar-refractivity contribution >= 4 is 24.9 Å². The van der Waals surface area contributed by atoms with Gasteiger partial charge in [0, 0.05) is 17.1 Å². The fraction of sp³-hybridized carbons (Fsp3) is 0.857. The van der Waals surface area contributed by atoms with Crippen LogP contribution in [0.3, 0.4) is 0 Å². The Hall–Kier alpha value is -0.530. The third-order valence-electron chi connectivity index (χ3n) is 1.96. The quantitative estimate of drug-likeness (QED) is 0.607. The van der Waals surface area contributed by atoms with Gasteiger partial charge in [-0.3, -0.25) is 5.73 Å². The van der Waals surface area contributed by atoms with Crippen LogP contribution in [0.4, 0.5) is 0 Å². The summed E-state index contributed by atoms with van der Waals surface area (Å²) in [5.74, 6) is -1.24. The van der Waals surface area contributed by atoms with Gasteiger partial charge in [0.25, 0.3) is 14.2 Å². The minimum Gasteiger partial charge on any atom is -0.287 e. The van der Waals surface area contributed by atoms with E-state index in [1.807, 2.05) is 0 Å². The molecule has 0 fully saturated rings. The van der Waals surface area contributed by atoms with Crippen molar-refractivity contribution in [1.82, 2.24) is 0 Å². The molecular weight excluding hydrogens is 240 g/mol. The molecule has 1 atom stereocenters. The molecule has 1 rings (SSSR count). The molecule has 0 bridgehead atoms. The van der Waals surface area contributed by atoms with Gasteiger partial charge in [0.1, 0.15) is 0 Å². The molecule has 15 heavy (non-hydrogen) atoms. The summed E-state index contributed by atoms with van der Waals surface area (Å²) < 4.78 is 21.8. The first-order valence-electron chi connectivity index (χ1n) is 4.64. The second-order valence-electron chi connectivity index (χ2n) is 3.37. The van der Waals surface area contributed by atoms with E-state index < -0.39 is 20.0 Å². The van der Waals surface area contributed by atoms with Gasteiger partial charge in [-0.2, -0.15) is 0 Å². The van der Waals surface area contributed by atoms with Crippen LogP contribution in [0.5, 0.6) is 0 Å². The van der Waals surface area contributed by atoms with Crippen molar-refractivity contribution in [3.05, 3.63) is 0 Å². The standard InChI is InChI=1S/C7H13ClN4O2S/c1-2-3-4-5-7(9)10-6(11-12-7)15(8,13)14/h2-5,9H2,1H3. The average Bonchev–Trinajstić information content (AvgIpc) is 2.48. The molecule has 86 valence electrons. The molecule has 6 nitrogen and oxygen atoms in total. The van der Waals surface area contributed by atoms with Crippen molar-refractivity contribution in [2.45, 2.75) is 38.4 Å². The molecule has 0 saturated carbocycles. The van der Waals surface area contributed by atoms with E-state index in [0.29, 0.717) is 6.42 Å². The van der Waals surface area contributed by atoms with Crippen molar-refractivity contribution in [2.24, 2.45) is 21.0 Å². The smallest absolute Gasteiger partial charge is 0.287 e. The maximum atomic E-state index is 10.9. The molecule has 0 aromatic rings. The number of hydrogen-bond acceptors (Lipinski definition) is 6. The van der Waals surface area contributed by atoms with Crippen molar-refractivity contribution in [3.8, 4) is 0 Å². The van der Waals surface area contributed by atoms with Gasteiger partial charge in [-0.15, -0.1) is 10.2 Å². The van der Waals surface area contributed by atoms with Gasteiger partial charge in [-0.1, -0.05) is 19.8 Å². The fourth-order valence-corrected chi connectivity index (χ4v) is 1.79. The molecule has 0 saturated heterocycles. The lowest BCUT2D eigenvalue weighted by atomic mass is 10.1. The van der Waals surface area contributed by atoms with E-state index in [-0.39, 0.29) is 0 Å². The van der Waals surface area contributed by atoms with Crippen molar-refractivity contribution in [3.63, 3.8) is 0 Å². The zero-order valence-electron chi connectivity index (χ0n) is 8.35. The third-order valence-corrected chi connectivity index (χ3v) is 2.99. The lowest BCUT2D eigenvalue weighted by Gasteiger charge is -2.13. The highest BCUT2D eigenvalue weighted by molar-refractivity contribution is 8.25. The number of nitrogens with zero attached hydrogens (tertiary/aromatic N) is 3. The van der Waals surface area contributed by atoms with E-state index in [0.717, 1.165) is 19.3 Å². The van der Waals surface area contributed by atoms with Gasteiger partial charge in [0.15, 0.2) is 0 Å². The van der Waals surface area contributed by atoms with Crippen LogP contribution >= 0.6 is 10.7 Å². The molecule has 2 N–H and O–H groups in total. The van der Waals surface area contributed by atoms with Crippen molar-refractivity contribution in [2.75, 3.05) is 0 Å². The highest BCUT2D eigenvalue weighted by Gasteiger charge is 2.33. The zero-order valence-corrected chi connectivity index (χ0v) is 9.92. The summed E-state index contributed by atoms with van der Waals surface area (Å²) in [5, 5.41) is 6.49. The van der Waals surface area contributed by atoms with E-state index >= 15 is 0 Å². The topological polar surface area (TPSA) is 97.2 Å². The molecule has 0 aliphatic carbocycles. The van der Waals surface area contributed by atoms with Gasteiger partial charge >= 0.3 is 0 Å².